The standard InChI is InChI=1S/C26H19N3O3/c30-26(28-21-9-4-10-22(15-21)31-17-18-6-5-13-27-16-18)20-11-12-24-23(14-20)25(32-29-24)19-7-2-1-3-8-19/h1-16H,17H2,(H,28,30). The molecule has 0 spiro atoms. The van der Waals surface area contributed by atoms with Crippen LogP contribution < -0.4 is 10.1 Å². The Kier molecular flexibility index (Phi) is 5.32. The van der Waals surface area contributed by atoms with E-state index in [1.54, 1.807) is 36.7 Å². The molecule has 3 aromatic carbocycles. The SMILES string of the molecule is O=C(Nc1cccc(OCc2cccnc2)c1)c1ccc2noc(-c3ccccc3)c2c1. The molecule has 0 aliphatic rings. The minimum Gasteiger partial charge on any atom is -0.489 e. The highest BCUT2D eigenvalue weighted by Gasteiger charge is 2.14. The predicted octanol–water partition coefficient (Wildman–Crippen LogP) is 5.72. The van der Waals surface area contributed by atoms with Gasteiger partial charge in [0.15, 0.2) is 5.76 Å². The van der Waals surface area contributed by atoms with E-state index in [0.29, 0.717) is 34.9 Å². The summed E-state index contributed by atoms with van der Waals surface area (Å²) in [6, 6.07) is 26.1. The molecule has 1 N–H and O–H groups in total. The molecule has 2 aromatic heterocycles. The molecule has 0 bridgehead atoms. The third-order valence-corrected chi connectivity index (χ3v) is 4.99. The van der Waals surface area contributed by atoms with Gasteiger partial charge in [0.25, 0.3) is 5.91 Å². The molecule has 6 nitrogen and oxygen atoms in total. The van der Waals surface area contributed by atoms with Gasteiger partial charge in [0.2, 0.25) is 0 Å². The van der Waals surface area contributed by atoms with Gasteiger partial charge in [0, 0.05) is 40.8 Å². The van der Waals surface area contributed by atoms with E-state index in [-0.39, 0.29) is 5.91 Å². The summed E-state index contributed by atoms with van der Waals surface area (Å²) in [4.78, 5) is 17.0. The number of carbonyl (C=O) groups excluding carboxylic acids is 1. The summed E-state index contributed by atoms with van der Waals surface area (Å²) in [5.74, 6) is 1.07. The molecule has 2 heterocycles. The molecule has 0 aliphatic heterocycles. The van der Waals surface area contributed by atoms with E-state index >= 15 is 0 Å². The van der Waals surface area contributed by atoms with Gasteiger partial charge in [-0.3, -0.25) is 9.78 Å². The Morgan fingerprint density at radius 1 is 0.938 bits per heavy atom. The number of anilines is 1. The molecule has 0 fully saturated rings. The number of aromatic nitrogens is 2. The zero-order valence-electron chi connectivity index (χ0n) is 17.1. The van der Waals surface area contributed by atoms with E-state index in [0.717, 1.165) is 16.5 Å². The van der Waals surface area contributed by atoms with E-state index in [2.05, 4.69) is 15.5 Å². The Balaban J connectivity index is 1.34. The lowest BCUT2D eigenvalue weighted by Crippen LogP contribution is -2.11. The van der Waals surface area contributed by atoms with E-state index in [1.165, 1.54) is 0 Å². The summed E-state index contributed by atoms with van der Waals surface area (Å²) in [5.41, 5.74) is 3.74. The third-order valence-electron chi connectivity index (χ3n) is 4.99. The normalized spacial score (nSPS) is 10.8. The first kappa shape index (κ1) is 19.5. The van der Waals surface area contributed by atoms with Crippen LogP contribution >= 0.6 is 0 Å². The average Bonchev–Trinajstić information content (AvgIpc) is 3.27. The number of nitrogens with one attached hydrogen (secondary N) is 1. The third kappa shape index (κ3) is 4.20. The molecule has 156 valence electrons. The molecule has 0 unspecified atom stereocenters. The van der Waals surface area contributed by atoms with Crippen molar-refractivity contribution in [2.75, 3.05) is 5.32 Å². The van der Waals surface area contributed by atoms with Crippen LogP contribution in [0.3, 0.4) is 0 Å². The lowest BCUT2D eigenvalue weighted by atomic mass is 10.1. The molecule has 5 aromatic rings. The van der Waals surface area contributed by atoms with Gasteiger partial charge < -0.3 is 14.6 Å². The molecule has 0 saturated carbocycles. The molecule has 0 saturated heterocycles. The van der Waals surface area contributed by atoms with E-state index < -0.39 is 0 Å². The Morgan fingerprint density at radius 3 is 2.69 bits per heavy atom. The molecule has 32 heavy (non-hydrogen) atoms. The van der Waals surface area contributed by atoms with Gasteiger partial charge in [-0.1, -0.05) is 47.6 Å². The van der Waals surface area contributed by atoms with Gasteiger partial charge in [0.05, 0.1) is 5.39 Å². The van der Waals surface area contributed by atoms with Gasteiger partial charge in [-0.2, -0.15) is 0 Å². The molecule has 5 rings (SSSR count). The van der Waals surface area contributed by atoms with E-state index in [1.807, 2.05) is 60.7 Å². The minimum absolute atomic E-state index is 0.225. The van der Waals surface area contributed by atoms with Crippen molar-refractivity contribution < 1.29 is 14.1 Å². The second-order valence-corrected chi connectivity index (χ2v) is 7.24. The lowest BCUT2D eigenvalue weighted by molar-refractivity contribution is 0.102. The largest absolute Gasteiger partial charge is 0.489 e. The summed E-state index contributed by atoms with van der Waals surface area (Å²) in [6.45, 7) is 0.400. The molecule has 0 atom stereocenters. The monoisotopic (exact) mass is 421 g/mol. The second kappa shape index (κ2) is 8.73. The van der Waals surface area contributed by atoms with Crippen LogP contribution in [0.4, 0.5) is 5.69 Å². The fourth-order valence-corrected chi connectivity index (χ4v) is 3.40. The van der Waals surface area contributed by atoms with Crippen LogP contribution in [0, 0.1) is 0 Å². The van der Waals surface area contributed by atoms with Crippen molar-refractivity contribution in [1.29, 1.82) is 0 Å². The summed E-state index contributed by atoms with van der Waals surface area (Å²) >= 11 is 0. The topological polar surface area (TPSA) is 77.2 Å². The number of ether oxygens (including phenoxy) is 1. The van der Waals surface area contributed by atoms with Crippen molar-refractivity contribution >= 4 is 22.5 Å². The number of fused-ring (bicyclic) bond motifs is 1. The summed E-state index contributed by atoms with van der Waals surface area (Å²) in [5, 5.41) is 7.83. The first-order valence-corrected chi connectivity index (χ1v) is 10.1. The maximum Gasteiger partial charge on any atom is 0.255 e. The zero-order chi connectivity index (χ0) is 21.8. The molecule has 6 heteroatoms. The molecule has 1 amide bonds. The Hall–Kier alpha value is -4.45. The molecular formula is C26H19N3O3. The van der Waals surface area contributed by atoms with Crippen LogP contribution in [0.2, 0.25) is 0 Å². The number of hydrogen-bond donors (Lipinski definition) is 1. The first-order chi connectivity index (χ1) is 15.8. The second-order valence-electron chi connectivity index (χ2n) is 7.24. The Bertz CT molecular complexity index is 1370. The lowest BCUT2D eigenvalue weighted by Gasteiger charge is -2.09. The van der Waals surface area contributed by atoms with Gasteiger partial charge in [-0.25, -0.2) is 0 Å². The van der Waals surface area contributed by atoms with E-state index in [9.17, 15) is 4.79 Å². The van der Waals surface area contributed by atoms with Crippen molar-refractivity contribution in [2.45, 2.75) is 6.61 Å². The first-order valence-electron chi connectivity index (χ1n) is 10.1. The van der Waals surface area contributed by atoms with Crippen molar-refractivity contribution in [3.8, 4) is 17.1 Å². The van der Waals surface area contributed by atoms with Crippen LogP contribution in [-0.4, -0.2) is 16.0 Å². The summed E-state index contributed by atoms with van der Waals surface area (Å²) < 4.78 is 11.4. The quantitative estimate of drug-likeness (QED) is 0.379. The van der Waals surface area contributed by atoms with Crippen LogP contribution in [0.15, 0.2) is 102 Å². The van der Waals surface area contributed by atoms with Gasteiger partial charge in [0.1, 0.15) is 17.9 Å². The maximum absolute atomic E-state index is 12.9. The number of pyridine rings is 1. The highest BCUT2D eigenvalue weighted by Crippen LogP contribution is 2.29. The minimum atomic E-state index is -0.225. The number of nitrogens with zero attached hydrogens (tertiary/aromatic N) is 2. The Morgan fingerprint density at radius 2 is 1.84 bits per heavy atom. The number of rotatable bonds is 6. The fourth-order valence-electron chi connectivity index (χ4n) is 3.40. The number of carbonyl (C=O) groups is 1. The van der Waals surface area contributed by atoms with Crippen LogP contribution in [0.1, 0.15) is 15.9 Å². The fraction of sp³-hybridized carbons (Fsp3) is 0.0385. The molecule has 0 radical (unpaired) electrons. The highest BCUT2D eigenvalue weighted by molar-refractivity contribution is 6.07. The number of hydrogen-bond acceptors (Lipinski definition) is 5. The van der Waals surface area contributed by atoms with Crippen molar-refractivity contribution in [2.24, 2.45) is 0 Å². The average molecular weight is 421 g/mol. The summed E-state index contributed by atoms with van der Waals surface area (Å²) in [7, 11) is 0. The van der Waals surface area contributed by atoms with Gasteiger partial charge in [-0.05, 0) is 36.4 Å². The van der Waals surface area contributed by atoms with Crippen molar-refractivity contribution in [3.05, 3.63) is 108 Å². The van der Waals surface area contributed by atoms with Gasteiger partial charge in [-0.15, -0.1) is 0 Å². The predicted molar refractivity (Wildman–Crippen MR) is 122 cm³/mol. The van der Waals surface area contributed by atoms with Crippen LogP contribution in [0.5, 0.6) is 5.75 Å². The zero-order valence-corrected chi connectivity index (χ0v) is 17.1. The van der Waals surface area contributed by atoms with Crippen LogP contribution in [-0.2, 0) is 6.61 Å². The van der Waals surface area contributed by atoms with E-state index in [4.69, 9.17) is 9.26 Å². The smallest absolute Gasteiger partial charge is 0.255 e. The number of amides is 1. The molecular weight excluding hydrogens is 402 g/mol. The highest BCUT2D eigenvalue weighted by atomic mass is 16.5. The Labute approximate surface area is 184 Å². The van der Waals surface area contributed by atoms with Crippen LogP contribution in [0.25, 0.3) is 22.2 Å². The number of benzene rings is 3. The maximum atomic E-state index is 12.9. The van der Waals surface area contributed by atoms with Crippen molar-refractivity contribution in [1.82, 2.24) is 10.1 Å². The van der Waals surface area contributed by atoms with Gasteiger partial charge >= 0.3 is 0 Å². The van der Waals surface area contributed by atoms with Crippen molar-refractivity contribution in [3.63, 3.8) is 0 Å². The summed E-state index contributed by atoms with van der Waals surface area (Å²) in [6.07, 6.45) is 3.48. The molecule has 0 aliphatic carbocycles.